The molecule has 0 aliphatic carbocycles. The van der Waals surface area contributed by atoms with Crippen LogP contribution in [-0.4, -0.2) is 43.4 Å². The number of piperidine rings is 1. The zero-order chi connectivity index (χ0) is 14.8. The Morgan fingerprint density at radius 1 is 1.45 bits per heavy atom. The highest BCUT2D eigenvalue weighted by Crippen LogP contribution is 2.25. The summed E-state index contributed by atoms with van der Waals surface area (Å²) in [5.41, 5.74) is 0. The lowest BCUT2D eigenvalue weighted by Gasteiger charge is -2.32. The third kappa shape index (κ3) is 2.80. The molecule has 1 aromatic heterocycles. The minimum Gasteiger partial charge on any atom is -0.468 e. The first-order valence-corrected chi connectivity index (χ1v) is 7.61. The van der Waals surface area contributed by atoms with Gasteiger partial charge in [0.25, 0.3) is 0 Å². The fraction of sp³-hybridized carbons (Fsp3) is 0.500. The van der Waals surface area contributed by atoms with Crippen LogP contribution in [0.2, 0.25) is 0 Å². The van der Waals surface area contributed by atoms with E-state index >= 15 is 0 Å². The van der Waals surface area contributed by atoms with E-state index in [9.17, 15) is 17.6 Å². The van der Waals surface area contributed by atoms with E-state index in [0.717, 1.165) is 29.2 Å². The number of pyridine rings is 1. The molecule has 0 amide bonds. The van der Waals surface area contributed by atoms with Gasteiger partial charge in [0.1, 0.15) is 16.8 Å². The van der Waals surface area contributed by atoms with E-state index in [-0.39, 0.29) is 11.4 Å². The van der Waals surface area contributed by atoms with Crippen molar-refractivity contribution in [3.63, 3.8) is 0 Å². The van der Waals surface area contributed by atoms with E-state index in [1.165, 1.54) is 7.11 Å². The zero-order valence-corrected chi connectivity index (χ0v) is 11.8. The number of carbonyl (C=O) groups is 1. The number of hydrogen-bond acceptors (Lipinski definition) is 5. The highest BCUT2D eigenvalue weighted by atomic mass is 32.2. The van der Waals surface area contributed by atoms with Crippen LogP contribution in [0.15, 0.2) is 23.4 Å². The Morgan fingerprint density at radius 2 is 2.20 bits per heavy atom. The van der Waals surface area contributed by atoms with Crippen LogP contribution >= 0.6 is 0 Å². The molecule has 1 fully saturated rings. The SMILES string of the molecule is COC(=O)C1CCCCN1S(=O)(=O)c1cncc(F)c1. The molecule has 0 aromatic carbocycles. The highest BCUT2D eigenvalue weighted by molar-refractivity contribution is 7.89. The molecule has 20 heavy (non-hydrogen) atoms. The van der Waals surface area contributed by atoms with E-state index in [4.69, 9.17) is 0 Å². The van der Waals surface area contributed by atoms with Gasteiger partial charge in [-0.15, -0.1) is 0 Å². The summed E-state index contributed by atoms with van der Waals surface area (Å²) in [6.45, 7) is 0.207. The van der Waals surface area contributed by atoms with Crippen molar-refractivity contribution in [3.8, 4) is 0 Å². The van der Waals surface area contributed by atoms with E-state index < -0.39 is 27.9 Å². The molecule has 0 bridgehead atoms. The fourth-order valence-corrected chi connectivity index (χ4v) is 3.86. The van der Waals surface area contributed by atoms with Crippen LogP contribution < -0.4 is 0 Å². The molecule has 0 radical (unpaired) electrons. The second-order valence-electron chi connectivity index (χ2n) is 4.49. The monoisotopic (exact) mass is 302 g/mol. The molecule has 2 rings (SSSR count). The van der Waals surface area contributed by atoms with Gasteiger partial charge in [-0.25, -0.2) is 12.8 Å². The smallest absolute Gasteiger partial charge is 0.324 e. The molecular weight excluding hydrogens is 287 g/mol. The van der Waals surface area contributed by atoms with Crippen molar-refractivity contribution in [2.75, 3.05) is 13.7 Å². The number of aromatic nitrogens is 1. The Morgan fingerprint density at radius 3 is 2.85 bits per heavy atom. The first-order valence-electron chi connectivity index (χ1n) is 6.17. The minimum atomic E-state index is -3.96. The standard InChI is InChI=1S/C12H15FN2O4S/c1-19-12(16)11-4-2-3-5-15(11)20(17,18)10-6-9(13)7-14-8-10/h6-8,11H,2-5H2,1H3. The van der Waals surface area contributed by atoms with E-state index in [0.29, 0.717) is 12.8 Å². The van der Waals surface area contributed by atoms with Gasteiger partial charge in [-0.2, -0.15) is 4.31 Å². The maximum atomic E-state index is 13.1. The van der Waals surface area contributed by atoms with Gasteiger partial charge in [0, 0.05) is 12.7 Å². The van der Waals surface area contributed by atoms with Crippen molar-refractivity contribution in [1.82, 2.24) is 9.29 Å². The Hall–Kier alpha value is -1.54. The van der Waals surface area contributed by atoms with Gasteiger partial charge in [0.15, 0.2) is 0 Å². The number of hydrogen-bond donors (Lipinski definition) is 0. The number of carbonyl (C=O) groups excluding carboxylic acids is 1. The lowest BCUT2D eigenvalue weighted by atomic mass is 10.1. The van der Waals surface area contributed by atoms with E-state index in [1.807, 2.05) is 0 Å². The molecule has 1 aliphatic rings. The maximum absolute atomic E-state index is 13.1. The number of esters is 1. The van der Waals surface area contributed by atoms with Crippen molar-refractivity contribution < 1.29 is 22.3 Å². The minimum absolute atomic E-state index is 0.207. The van der Waals surface area contributed by atoms with E-state index in [1.54, 1.807) is 0 Å². The lowest BCUT2D eigenvalue weighted by molar-refractivity contribution is -0.146. The summed E-state index contributed by atoms with van der Waals surface area (Å²) in [6.07, 6.45) is 3.78. The summed E-state index contributed by atoms with van der Waals surface area (Å²) in [7, 11) is -2.75. The molecular formula is C12H15FN2O4S. The summed E-state index contributed by atoms with van der Waals surface area (Å²) >= 11 is 0. The van der Waals surface area contributed by atoms with Crippen LogP contribution in [0.3, 0.4) is 0 Å². The number of nitrogens with zero attached hydrogens (tertiary/aromatic N) is 2. The van der Waals surface area contributed by atoms with E-state index in [2.05, 4.69) is 9.72 Å². The molecule has 0 spiro atoms. The van der Waals surface area contributed by atoms with Crippen LogP contribution in [-0.2, 0) is 19.6 Å². The van der Waals surface area contributed by atoms with Gasteiger partial charge in [-0.05, 0) is 25.3 Å². The summed E-state index contributed by atoms with van der Waals surface area (Å²) in [5.74, 6) is -1.34. The van der Waals surface area contributed by atoms with Crippen LogP contribution in [0, 0.1) is 5.82 Å². The van der Waals surface area contributed by atoms with Gasteiger partial charge in [-0.3, -0.25) is 9.78 Å². The Labute approximate surface area is 116 Å². The Kier molecular flexibility index (Phi) is 4.34. The molecule has 110 valence electrons. The third-order valence-corrected chi connectivity index (χ3v) is 5.09. The number of ether oxygens (including phenoxy) is 1. The first kappa shape index (κ1) is 14.9. The second kappa shape index (κ2) is 5.84. The molecule has 8 heteroatoms. The first-order chi connectivity index (χ1) is 9.46. The average molecular weight is 302 g/mol. The lowest BCUT2D eigenvalue weighted by Crippen LogP contribution is -2.48. The highest BCUT2D eigenvalue weighted by Gasteiger charge is 2.38. The summed E-state index contributed by atoms with van der Waals surface area (Å²) in [5, 5.41) is 0. The van der Waals surface area contributed by atoms with Crippen molar-refractivity contribution in [1.29, 1.82) is 0 Å². The van der Waals surface area contributed by atoms with Crippen molar-refractivity contribution in [3.05, 3.63) is 24.3 Å². The van der Waals surface area contributed by atoms with Crippen molar-refractivity contribution >= 4 is 16.0 Å². The molecule has 1 aromatic rings. The molecule has 1 aliphatic heterocycles. The third-order valence-electron chi connectivity index (χ3n) is 3.21. The molecule has 2 heterocycles. The topological polar surface area (TPSA) is 76.6 Å². The van der Waals surface area contributed by atoms with Gasteiger partial charge >= 0.3 is 5.97 Å². The molecule has 6 nitrogen and oxygen atoms in total. The molecule has 0 saturated carbocycles. The number of rotatable bonds is 3. The number of sulfonamides is 1. The van der Waals surface area contributed by atoms with Crippen LogP contribution in [0.25, 0.3) is 0 Å². The quantitative estimate of drug-likeness (QED) is 0.777. The largest absolute Gasteiger partial charge is 0.468 e. The molecule has 1 atom stereocenters. The number of halogens is 1. The van der Waals surface area contributed by atoms with Crippen LogP contribution in [0.5, 0.6) is 0 Å². The van der Waals surface area contributed by atoms with Crippen LogP contribution in [0.1, 0.15) is 19.3 Å². The normalized spacial score (nSPS) is 20.6. The second-order valence-corrected chi connectivity index (χ2v) is 6.38. The summed E-state index contributed by atoms with van der Waals surface area (Å²) < 4.78 is 43.8. The average Bonchev–Trinajstić information content (AvgIpc) is 2.46. The number of methoxy groups -OCH3 is 1. The molecule has 0 N–H and O–H groups in total. The van der Waals surface area contributed by atoms with Gasteiger partial charge in [-0.1, -0.05) is 0 Å². The Bertz CT molecular complexity index is 605. The maximum Gasteiger partial charge on any atom is 0.324 e. The summed E-state index contributed by atoms with van der Waals surface area (Å²) in [4.78, 5) is 15.0. The summed E-state index contributed by atoms with van der Waals surface area (Å²) in [6, 6.07) is 0.0349. The Balaban J connectivity index is 2.38. The van der Waals surface area contributed by atoms with Crippen LogP contribution in [0.4, 0.5) is 4.39 Å². The fourth-order valence-electron chi connectivity index (χ4n) is 2.23. The van der Waals surface area contributed by atoms with Crippen molar-refractivity contribution in [2.45, 2.75) is 30.2 Å². The molecule has 1 unspecified atom stereocenters. The molecule has 1 saturated heterocycles. The zero-order valence-electron chi connectivity index (χ0n) is 11.0. The van der Waals surface area contributed by atoms with Gasteiger partial charge < -0.3 is 4.74 Å². The van der Waals surface area contributed by atoms with Gasteiger partial charge in [0.05, 0.1) is 13.3 Å². The predicted octanol–water partition coefficient (Wildman–Crippen LogP) is 0.937. The van der Waals surface area contributed by atoms with Crippen molar-refractivity contribution in [2.24, 2.45) is 0 Å². The van der Waals surface area contributed by atoms with Gasteiger partial charge in [0.2, 0.25) is 10.0 Å². The predicted molar refractivity (Wildman–Crippen MR) is 67.7 cm³/mol.